The summed E-state index contributed by atoms with van der Waals surface area (Å²) in [5.41, 5.74) is -1.49. The van der Waals surface area contributed by atoms with Crippen LogP contribution in [0.25, 0.3) is 0 Å². The summed E-state index contributed by atoms with van der Waals surface area (Å²) in [4.78, 5) is 11.2. The average Bonchev–Trinajstić information content (AvgIpc) is 2.37. The molecule has 1 aromatic carbocycles. The van der Waals surface area contributed by atoms with Crippen molar-refractivity contribution in [2.24, 2.45) is 0 Å². The number of methoxy groups -OCH3 is 1. The van der Waals surface area contributed by atoms with Crippen molar-refractivity contribution in [1.29, 1.82) is 5.26 Å². The smallest absolute Gasteiger partial charge is 0.416 e. The second-order valence-corrected chi connectivity index (χ2v) is 3.93. The number of rotatable bonds is 3. The summed E-state index contributed by atoms with van der Waals surface area (Å²) >= 11 is 5.49. The Labute approximate surface area is 112 Å². The van der Waals surface area contributed by atoms with Gasteiger partial charge in [0.1, 0.15) is 0 Å². The summed E-state index contributed by atoms with van der Waals surface area (Å²) in [7, 11) is 1.06. The number of nitriles is 1. The molecule has 1 aromatic rings. The van der Waals surface area contributed by atoms with Gasteiger partial charge in [0.2, 0.25) is 0 Å². The molecule has 0 atom stereocenters. The summed E-state index contributed by atoms with van der Waals surface area (Å²) in [6, 6.07) is 3.72. The standard InChI is InChI=1S/C12H9ClF3NO2/c1-19-11(18)4-9-8(6-17)2-7(5-13)3-10(9)12(14,15)16/h2-3H,4-5H2,1H3. The molecule has 0 saturated carbocycles. The SMILES string of the molecule is COC(=O)Cc1c(C#N)cc(CCl)cc1C(F)(F)F. The van der Waals surface area contributed by atoms with Gasteiger partial charge in [0, 0.05) is 5.88 Å². The van der Waals surface area contributed by atoms with Crippen LogP contribution in [-0.2, 0) is 28.0 Å². The van der Waals surface area contributed by atoms with E-state index in [1.165, 1.54) is 6.07 Å². The molecule has 0 radical (unpaired) electrons. The molecule has 3 nitrogen and oxygen atoms in total. The lowest BCUT2D eigenvalue weighted by molar-refractivity contribution is -0.141. The maximum Gasteiger partial charge on any atom is 0.416 e. The average molecular weight is 292 g/mol. The first kappa shape index (κ1) is 15.3. The van der Waals surface area contributed by atoms with Crippen molar-refractivity contribution < 1.29 is 22.7 Å². The first-order valence-electron chi connectivity index (χ1n) is 5.09. The maximum absolute atomic E-state index is 12.9. The van der Waals surface area contributed by atoms with Crippen LogP contribution in [0.3, 0.4) is 0 Å². The van der Waals surface area contributed by atoms with Crippen molar-refractivity contribution >= 4 is 17.6 Å². The van der Waals surface area contributed by atoms with Crippen LogP contribution in [0.1, 0.15) is 22.3 Å². The Morgan fingerprint density at radius 3 is 2.53 bits per heavy atom. The van der Waals surface area contributed by atoms with Gasteiger partial charge in [-0.1, -0.05) is 0 Å². The molecule has 0 spiro atoms. The van der Waals surface area contributed by atoms with E-state index in [1.807, 2.05) is 0 Å². The summed E-state index contributed by atoms with van der Waals surface area (Å²) in [5, 5.41) is 8.90. The van der Waals surface area contributed by atoms with Gasteiger partial charge in [0.05, 0.1) is 30.7 Å². The van der Waals surface area contributed by atoms with Crippen molar-refractivity contribution in [3.05, 3.63) is 34.4 Å². The van der Waals surface area contributed by atoms with E-state index in [1.54, 1.807) is 6.07 Å². The summed E-state index contributed by atoms with van der Waals surface area (Å²) in [5.74, 6) is -1.00. The Hall–Kier alpha value is -1.74. The molecule has 1 rings (SSSR count). The van der Waals surface area contributed by atoms with Crippen molar-refractivity contribution in [1.82, 2.24) is 0 Å². The number of carbonyl (C=O) groups excluding carboxylic acids is 1. The minimum atomic E-state index is -4.67. The van der Waals surface area contributed by atoms with Gasteiger partial charge in [-0.2, -0.15) is 18.4 Å². The molecule has 0 heterocycles. The molecule has 0 aromatic heterocycles. The monoisotopic (exact) mass is 291 g/mol. The van der Waals surface area contributed by atoms with E-state index in [4.69, 9.17) is 16.9 Å². The third-order valence-corrected chi connectivity index (χ3v) is 2.75. The quantitative estimate of drug-likeness (QED) is 0.635. The second-order valence-electron chi connectivity index (χ2n) is 3.67. The van der Waals surface area contributed by atoms with E-state index in [9.17, 15) is 18.0 Å². The molecule has 0 aliphatic carbocycles. The first-order chi connectivity index (χ1) is 8.83. The molecule has 7 heteroatoms. The van der Waals surface area contributed by atoms with Crippen LogP contribution in [0.5, 0.6) is 0 Å². The highest BCUT2D eigenvalue weighted by molar-refractivity contribution is 6.17. The molecule has 0 aliphatic heterocycles. The molecule has 0 amide bonds. The number of halogens is 4. The molecule has 0 saturated heterocycles. The van der Waals surface area contributed by atoms with Gasteiger partial charge in [-0.3, -0.25) is 4.79 Å². The van der Waals surface area contributed by atoms with Crippen LogP contribution in [0, 0.1) is 11.3 Å². The highest BCUT2D eigenvalue weighted by Gasteiger charge is 2.35. The van der Waals surface area contributed by atoms with E-state index >= 15 is 0 Å². The van der Waals surface area contributed by atoms with Crippen LogP contribution in [0.4, 0.5) is 13.2 Å². The van der Waals surface area contributed by atoms with Crippen LogP contribution >= 0.6 is 11.6 Å². The van der Waals surface area contributed by atoms with Crippen LogP contribution in [0.2, 0.25) is 0 Å². The fourth-order valence-electron chi connectivity index (χ4n) is 1.57. The predicted octanol–water partition coefficient (Wildman–Crippen LogP) is 3.03. The zero-order chi connectivity index (χ0) is 14.6. The van der Waals surface area contributed by atoms with Crippen LogP contribution in [0.15, 0.2) is 12.1 Å². The lowest BCUT2D eigenvalue weighted by Gasteiger charge is -2.15. The van der Waals surface area contributed by atoms with Crippen molar-refractivity contribution in [2.75, 3.05) is 7.11 Å². The fraction of sp³-hybridized carbons (Fsp3) is 0.333. The minimum Gasteiger partial charge on any atom is -0.469 e. The number of carbonyl (C=O) groups is 1. The fourth-order valence-corrected chi connectivity index (χ4v) is 1.72. The maximum atomic E-state index is 12.9. The second kappa shape index (κ2) is 5.93. The van der Waals surface area contributed by atoms with Crippen molar-refractivity contribution in [3.63, 3.8) is 0 Å². The van der Waals surface area contributed by atoms with Crippen molar-refractivity contribution in [2.45, 2.75) is 18.5 Å². The summed E-state index contributed by atoms with van der Waals surface area (Å²) in [6.07, 6.45) is -5.28. The van der Waals surface area contributed by atoms with Gasteiger partial charge < -0.3 is 4.74 Å². The minimum absolute atomic E-state index is 0.156. The lowest BCUT2D eigenvalue weighted by atomic mass is 9.96. The summed E-state index contributed by atoms with van der Waals surface area (Å²) < 4.78 is 43.1. The highest BCUT2D eigenvalue weighted by Crippen LogP contribution is 2.35. The third-order valence-electron chi connectivity index (χ3n) is 2.44. The van der Waals surface area contributed by atoms with E-state index in [-0.39, 0.29) is 17.0 Å². The van der Waals surface area contributed by atoms with Gasteiger partial charge in [-0.25, -0.2) is 0 Å². The van der Waals surface area contributed by atoms with Gasteiger partial charge >= 0.3 is 12.1 Å². The molecule has 0 aliphatic rings. The van der Waals surface area contributed by atoms with Crippen LogP contribution in [-0.4, -0.2) is 13.1 Å². The Bertz CT molecular complexity index is 535. The van der Waals surface area contributed by atoms with Gasteiger partial charge in [-0.05, 0) is 23.3 Å². The summed E-state index contributed by atoms with van der Waals surface area (Å²) in [6.45, 7) is 0. The Morgan fingerprint density at radius 2 is 2.11 bits per heavy atom. The number of benzene rings is 1. The van der Waals surface area contributed by atoms with Gasteiger partial charge in [0.25, 0.3) is 0 Å². The number of esters is 1. The molecular formula is C12H9ClF3NO2. The third kappa shape index (κ3) is 3.61. The van der Waals surface area contributed by atoms with Gasteiger partial charge in [-0.15, -0.1) is 11.6 Å². The molecule has 0 unspecified atom stereocenters. The molecule has 102 valence electrons. The Kier molecular flexibility index (Phi) is 4.78. The molecule has 0 bridgehead atoms. The van der Waals surface area contributed by atoms with Crippen LogP contribution < -0.4 is 0 Å². The number of hydrogen-bond donors (Lipinski definition) is 0. The molecule has 0 fully saturated rings. The molecule has 0 N–H and O–H groups in total. The van der Waals surface area contributed by atoms with E-state index in [0.29, 0.717) is 0 Å². The van der Waals surface area contributed by atoms with Gasteiger partial charge in [0.15, 0.2) is 0 Å². The Balaban J connectivity index is 3.48. The number of nitrogens with zero attached hydrogens (tertiary/aromatic N) is 1. The normalized spacial score (nSPS) is 10.9. The zero-order valence-corrected chi connectivity index (χ0v) is 10.6. The molecular weight excluding hydrogens is 283 g/mol. The Morgan fingerprint density at radius 1 is 1.47 bits per heavy atom. The highest BCUT2D eigenvalue weighted by atomic mass is 35.5. The zero-order valence-electron chi connectivity index (χ0n) is 9.84. The number of hydrogen-bond acceptors (Lipinski definition) is 3. The number of alkyl halides is 4. The van der Waals surface area contributed by atoms with Crippen molar-refractivity contribution in [3.8, 4) is 6.07 Å². The lowest BCUT2D eigenvalue weighted by Crippen LogP contribution is -2.15. The van der Waals surface area contributed by atoms with E-state index in [0.717, 1.165) is 13.2 Å². The number of ether oxygens (including phenoxy) is 1. The first-order valence-corrected chi connectivity index (χ1v) is 5.62. The van der Waals surface area contributed by atoms with E-state index < -0.39 is 29.7 Å². The predicted molar refractivity (Wildman–Crippen MR) is 61.4 cm³/mol. The molecule has 19 heavy (non-hydrogen) atoms. The largest absolute Gasteiger partial charge is 0.469 e. The topological polar surface area (TPSA) is 50.1 Å². The van der Waals surface area contributed by atoms with E-state index in [2.05, 4.69) is 4.74 Å².